The molecule has 1 aliphatic heterocycles. The van der Waals surface area contributed by atoms with Crippen molar-refractivity contribution in [2.45, 2.75) is 13.3 Å². The molecule has 0 saturated carbocycles. The molecule has 27 heavy (non-hydrogen) atoms. The Morgan fingerprint density at radius 2 is 1.93 bits per heavy atom. The van der Waals surface area contributed by atoms with E-state index in [0.717, 1.165) is 56.6 Å². The lowest BCUT2D eigenvalue weighted by Gasteiger charge is -2.32. The number of hydrogen-bond acceptors (Lipinski definition) is 5. The molecule has 0 aliphatic carbocycles. The van der Waals surface area contributed by atoms with E-state index in [1.807, 2.05) is 18.3 Å². The van der Waals surface area contributed by atoms with Crippen LogP contribution in [0.25, 0.3) is 10.9 Å². The molecule has 0 bridgehead atoms. The Morgan fingerprint density at radius 3 is 2.63 bits per heavy atom. The van der Waals surface area contributed by atoms with E-state index in [1.54, 1.807) is 4.57 Å². The van der Waals surface area contributed by atoms with Crippen molar-refractivity contribution >= 4 is 17.0 Å². The molecule has 1 saturated heterocycles. The maximum atomic E-state index is 12.7. The minimum atomic E-state index is -0.283. The van der Waals surface area contributed by atoms with Crippen LogP contribution in [0, 0.1) is 6.92 Å². The SMILES string of the molecule is Cc1ccc2c(c1)c(CCN(C)C)cn2C(=O)OCCN1CCN(C)CC1. The van der Waals surface area contributed by atoms with E-state index >= 15 is 0 Å². The lowest BCUT2D eigenvalue weighted by atomic mass is 10.1. The van der Waals surface area contributed by atoms with E-state index in [9.17, 15) is 4.79 Å². The average Bonchev–Trinajstić information content (AvgIpc) is 2.99. The molecule has 1 fully saturated rings. The van der Waals surface area contributed by atoms with Crippen LogP contribution in [0.4, 0.5) is 4.79 Å². The van der Waals surface area contributed by atoms with Crippen LogP contribution in [0.1, 0.15) is 11.1 Å². The maximum Gasteiger partial charge on any atom is 0.418 e. The number of hydrogen-bond donors (Lipinski definition) is 0. The Bertz CT molecular complexity index is 776. The summed E-state index contributed by atoms with van der Waals surface area (Å²) in [6.07, 6.45) is 2.58. The van der Waals surface area contributed by atoms with Crippen LogP contribution >= 0.6 is 0 Å². The van der Waals surface area contributed by atoms with Crippen LogP contribution in [0.5, 0.6) is 0 Å². The van der Waals surface area contributed by atoms with Gasteiger partial charge in [0, 0.05) is 50.9 Å². The summed E-state index contributed by atoms with van der Waals surface area (Å²) in [5.41, 5.74) is 3.33. The molecule has 0 radical (unpaired) electrons. The molecule has 3 rings (SSSR count). The van der Waals surface area contributed by atoms with Crippen molar-refractivity contribution in [1.29, 1.82) is 0 Å². The second-order valence-electron chi connectivity index (χ2n) is 7.86. The zero-order valence-electron chi connectivity index (χ0n) is 17.1. The molecule has 0 N–H and O–H groups in total. The predicted octanol–water partition coefficient (Wildman–Crippen LogP) is 2.29. The molecule has 0 unspecified atom stereocenters. The Balaban J connectivity index is 1.66. The van der Waals surface area contributed by atoms with Crippen LogP contribution in [0.2, 0.25) is 0 Å². The van der Waals surface area contributed by atoms with Gasteiger partial charge in [-0.15, -0.1) is 0 Å². The number of nitrogens with zero attached hydrogens (tertiary/aromatic N) is 4. The summed E-state index contributed by atoms with van der Waals surface area (Å²) in [6.45, 7) is 8.48. The second kappa shape index (κ2) is 8.87. The minimum Gasteiger partial charge on any atom is -0.448 e. The number of carbonyl (C=O) groups is 1. The lowest BCUT2D eigenvalue weighted by Crippen LogP contribution is -2.45. The van der Waals surface area contributed by atoms with Gasteiger partial charge in [-0.1, -0.05) is 11.6 Å². The molecular weight excluding hydrogens is 340 g/mol. The normalized spacial score (nSPS) is 16.3. The van der Waals surface area contributed by atoms with Crippen molar-refractivity contribution in [2.75, 3.05) is 67.0 Å². The smallest absolute Gasteiger partial charge is 0.418 e. The first-order chi connectivity index (χ1) is 12.9. The van der Waals surface area contributed by atoms with Gasteiger partial charge < -0.3 is 14.5 Å². The van der Waals surface area contributed by atoms with Crippen molar-refractivity contribution in [3.8, 4) is 0 Å². The van der Waals surface area contributed by atoms with Gasteiger partial charge in [0.25, 0.3) is 0 Å². The van der Waals surface area contributed by atoms with Gasteiger partial charge in [0.15, 0.2) is 0 Å². The molecule has 0 spiro atoms. The Hall–Kier alpha value is -1.89. The van der Waals surface area contributed by atoms with Crippen molar-refractivity contribution in [3.05, 3.63) is 35.5 Å². The third-order valence-corrected chi connectivity index (χ3v) is 5.30. The second-order valence-corrected chi connectivity index (χ2v) is 7.86. The Morgan fingerprint density at radius 1 is 1.19 bits per heavy atom. The lowest BCUT2D eigenvalue weighted by molar-refractivity contribution is 0.105. The highest BCUT2D eigenvalue weighted by Gasteiger charge is 2.17. The first-order valence-corrected chi connectivity index (χ1v) is 9.77. The Kier molecular flexibility index (Phi) is 6.52. The summed E-state index contributed by atoms with van der Waals surface area (Å²) in [6, 6.07) is 6.23. The van der Waals surface area contributed by atoms with E-state index in [0.29, 0.717) is 6.61 Å². The molecular formula is C21H32N4O2. The Labute approximate surface area is 162 Å². The van der Waals surface area contributed by atoms with Gasteiger partial charge in [0.1, 0.15) is 6.61 Å². The summed E-state index contributed by atoms with van der Waals surface area (Å²) in [4.78, 5) is 19.5. The van der Waals surface area contributed by atoms with Crippen molar-refractivity contribution in [3.63, 3.8) is 0 Å². The number of aryl methyl sites for hydroxylation is 1. The van der Waals surface area contributed by atoms with E-state index in [1.165, 1.54) is 11.1 Å². The third kappa shape index (κ3) is 5.09. The van der Waals surface area contributed by atoms with Crippen molar-refractivity contribution < 1.29 is 9.53 Å². The summed E-state index contributed by atoms with van der Waals surface area (Å²) in [7, 11) is 6.28. The van der Waals surface area contributed by atoms with Gasteiger partial charge in [-0.25, -0.2) is 4.79 Å². The number of likely N-dealkylation sites (N-methyl/N-ethyl adjacent to an activating group) is 2. The molecule has 1 aromatic carbocycles. The molecule has 2 aromatic rings. The molecule has 6 nitrogen and oxygen atoms in total. The molecule has 1 aliphatic rings. The highest BCUT2D eigenvalue weighted by atomic mass is 16.5. The fraction of sp³-hybridized carbons (Fsp3) is 0.571. The molecule has 148 valence electrons. The average molecular weight is 373 g/mol. The van der Waals surface area contributed by atoms with Gasteiger partial charge >= 0.3 is 6.09 Å². The van der Waals surface area contributed by atoms with Crippen LogP contribution in [0.15, 0.2) is 24.4 Å². The molecule has 2 heterocycles. The van der Waals surface area contributed by atoms with Crippen LogP contribution in [-0.4, -0.2) is 92.4 Å². The quantitative estimate of drug-likeness (QED) is 0.778. The van der Waals surface area contributed by atoms with E-state index < -0.39 is 0 Å². The van der Waals surface area contributed by atoms with Crippen molar-refractivity contribution in [2.24, 2.45) is 0 Å². The highest BCUT2D eigenvalue weighted by Crippen LogP contribution is 2.24. The van der Waals surface area contributed by atoms with Gasteiger partial charge in [0.2, 0.25) is 0 Å². The van der Waals surface area contributed by atoms with Gasteiger partial charge in [-0.3, -0.25) is 9.47 Å². The highest BCUT2D eigenvalue weighted by molar-refractivity contribution is 5.92. The van der Waals surface area contributed by atoms with Gasteiger partial charge in [0.05, 0.1) is 5.52 Å². The van der Waals surface area contributed by atoms with E-state index in [4.69, 9.17) is 4.74 Å². The van der Waals surface area contributed by atoms with Gasteiger partial charge in [-0.2, -0.15) is 0 Å². The summed E-state index contributed by atoms with van der Waals surface area (Å²) < 4.78 is 7.26. The fourth-order valence-corrected chi connectivity index (χ4v) is 3.51. The number of benzene rings is 1. The standard InChI is InChI=1S/C21H32N4O2/c1-17-5-6-20-19(15-17)18(7-8-22(2)3)16-25(20)21(26)27-14-13-24-11-9-23(4)10-12-24/h5-6,15-16H,7-14H2,1-4H3. The number of aromatic nitrogens is 1. The van der Waals surface area contributed by atoms with Crippen LogP contribution in [-0.2, 0) is 11.2 Å². The minimum absolute atomic E-state index is 0.283. The number of fused-ring (bicyclic) bond motifs is 1. The molecule has 1 aromatic heterocycles. The predicted molar refractivity (Wildman–Crippen MR) is 110 cm³/mol. The molecule has 0 atom stereocenters. The molecule has 0 amide bonds. The van der Waals surface area contributed by atoms with Gasteiger partial charge in [-0.05, 0) is 52.2 Å². The van der Waals surface area contributed by atoms with E-state index in [-0.39, 0.29) is 6.09 Å². The first-order valence-electron chi connectivity index (χ1n) is 9.77. The van der Waals surface area contributed by atoms with Crippen LogP contribution < -0.4 is 0 Å². The number of ether oxygens (including phenoxy) is 1. The summed E-state index contributed by atoms with van der Waals surface area (Å²) in [5.74, 6) is 0. The largest absolute Gasteiger partial charge is 0.448 e. The zero-order valence-corrected chi connectivity index (χ0v) is 17.1. The fourth-order valence-electron chi connectivity index (χ4n) is 3.51. The zero-order chi connectivity index (χ0) is 19.4. The first kappa shape index (κ1) is 19.9. The van der Waals surface area contributed by atoms with E-state index in [2.05, 4.69) is 48.8 Å². The topological polar surface area (TPSA) is 41.0 Å². The molecule has 6 heteroatoms. The third-order valence-electron chi connectivity index (χ3n) is 5.30. The summed E-state index contributed by atoms with van der Waals surface area (Å²) >= 11 is 0. The maximum absolute atomic E-state index is 12.7. The number of carbonyl (C=O) groups excluding carboxylic acids is 1. The van der Waals surface area contributed by atoms with Crippen LogP contribution in [0.3, 0.4) is 0 Å². The summed E-state index contributed by atoms with van der Waals surface area (Å²) in [5, 5.41) is 1.15. The number of rotatable bonds is 6. The number of piperazine rings is 1. The monoisotopic (exact) mass is 372 g/mol. The van der Waals surface area contributed by atoms with Crippen molar-refractivity contribution in [1.82, 2.24) is 19.3 Å².